The van der Waals surface area contributed by atoms with Gasteiger partial charge in [-0.15, -0.1) is 0 Å². The van der Waals surface area contributed by atoms with Gasteiger partial charge in [-0.2, -0.15) is 0 Å². The molecule has 0 amide bonds. The molecule has 1 fully saturated rings. The zero-order valence-corrected chi connectivity index (χ0v) is 13.0. The van der Waals surface area contributed by atoms with Gasteiger partial charge in [-0.05, 0) is 55.5 Å². The number of rotatable bonds is 7. The van der Waals surface area contributed by atoms with Crippen molar-refractivity contribution >= 4 is 0 Å². The predicted molar refractivity (Wildman–Crippen MR) is 83.3 cm³/mol. The van der Waals surface area contributed by atoms with Crippen molar-refractivity contribution in [3.05, 3.63) is 35.4 Å². The Balaban J connectivity index is 1.98. The summed E-state index contributed by atoms with van der Waals surface area (Å²) < 4.78 is 27.2. The number of hydrogen-bond acceptors (Lipinski definition) is 1. The zero-order valence-electron chi connectivity index (χ0n) is 13.0. The Morgan fingerprint density at radius 3 is 2.67 bits per heavy atom. The van der Waals surface area contributed by atoms with Gasteiger partial charge in [0, 0.05) is 6.04 Å². The Hall–Kier alpha value is -0.960. The molecule has 2 rings (SSSR count). The largest absolute Gasteiger partial charge is 0.314 e. The maximum absolute atomic E-state index is 13.8. The number of hydrogen-bond donors (Lipinski definition) is 1. The van der Waals surface area contributed by atoms with E-state index >= 15 is 0 Å². The van der Waals surface area contributed by atoms with Gasteiger partial charge in [0.25, 0.3) is 0 Å². The summed E-state index contributed by atoms with van der Waals surface area (Å²) in [5.41, 5.74) is 0.499. The van der Waals surface area contributed by atoms with E-state index in [1.54, 1.807) is 0 Å². The fourth-order valence-corrected chi connectivity index (χ4v) is 3.38. The van der Waals surface area contributed by atoms with Gasteiger partial charge in [0.05, 0.1) is 0 Å². The van der Waals surface area contributed by atoms with Crippen molar-refractivity contribution in [3.8, 4) is 0 Å². The molecular formula is C18H27F2N. The molecule has 0 aliphatic heterocycles. The van der Waals surface area contributed by atoms with E-state index in [0.717, 1.165) is 25.3 Å². The minimum absolute atomic E-state index is 0.254. The maximum Gasteiger partial charge on any atom is 0.126 e. The Kier molecular flexibility index (Phi) is 6.62. The second-order valence-electron chi connectivity index (χ2n) is 6.33. The highest BCUT2D eigenvalue weighted by molar-refractivity contribution is 5.19. The first-order valence-corrected chi connectivity index (χ1v) is 8.36. The SMILES string of the molecule is CCCNC(Cc1cc(F)ccc1F)CC1CCCCC1. The van der Waals surface area contributed by atoms with E-state index in [9.17, 15) is 8.78 Å². The highest BCUT2D eigenvalue weighted by atomic mass is 19.1. The van der Waals surface area contributed by atoms with Crippen molar-refractivity contribution in [1.29, 1.82) is 0 Å². The molecule has 1 saturated carbocycles. The molecule has 1 nitrogen and oxygen atoms in total. The van der Waals surface area contributed by atoms with E-state index in [-0.39, 0.29) is 17.7 Å². The van der Waals surface area contributed by atoms with Crippen LogP contribution in [0.2, 0.25) is 0 Å². The molecule has 21 heavy (non-hydrogen) atoms. The standard InChI is InChI=1S/C18H27F2N/c1-2-10-21-17(11-14-6-4-3-5-7-14)13-15-12-16(19)8-9-18(15)20/h8-9,12,14,17,21H,2-7,10-11,13H2,1H3. The molecule has 1 atom stereocenters. The fraction of sp³-hybridized carbons (Fsp3) is 0.667. The molecule has 1 aromatic carbocycles. The smallest absolute Gasteiger partial charge is 0.126 e. The van der Waals surface area contributed by atoms with Crippen LogP contribution < -0.4 is 5.32 Å². The molecule has 1 aliphatic rings. The van der Waals surface area contributed by atoms with E-state index in [2.05, 4.69) is 12.2 Å². The van der Waals surface area contributed by atoms with Gasteiger partial charge < -0.3 is 5.32 Å². The Bertz CT molecular complexity index is 427. The molecule has 0 heterocycles. The summed E-state index contributed by atoms with van der Waals surface area (Å²) in [6.45, 7) is 3.07. The third-order valence-electron chi connectivity index (χ3n) is 4.50. The van der Waals surface area contributed by atoms with E-state index in [1.807, 2.05) is 0 Å². The summed E-state index contributed by atoms with van der Waals surface area (Å²) in [4.78, 5) is 0. The van der Waals surface area contributed by atoms with Gasteiger partial charge >= 0.3 is 0 Å². The molecular weight excluding hydrogens is 268 g/mol. The number of benzene rings is 1. The van der Waals surface area contributed by atoms with Crippen LogP contribution >= 0.6 is 0 Å². The molecule has 0 radical (unpaired) electrons. The molecule has 118 valence electrons. The lowest BCUT2D eigenvalue weighted by atomic mass is 9.83. The van der Waals surface area contributed by atoms with Crippen LogP contribution in [0.1, 0.15) is 57.4 Å². The average Bonchev–Trinajstić information content (AvgIpc) is 2.49. The third-order valence-corrected chi connectivity index (χ3v) is 4.50. The van der Waals surface area contributed by atoms with E-state index < -0.39 is 0 Å². The van der Waals surface area contributed by atoms with E-state index in [4.69, 9.17) is 0 Å². The second-order valence-corrected chi connectivity index (χ2v) is 6.33. The third kappa shape index (κ3) is 5.39. The molecule has 0 spiro atoms. The number of halogens is 2. The van der Waals surface area contributed by atoms with Crippen molar-refractivity contribution in [2.45, 2.75) is 64.3 Å². The second kappa shape index (κ2) is 8.47. The quantitative estimate of drug-likeness (QED) is 0.758. The summed E-state index contributed by atoms with van der Waals surface area (Å²) >= 11 is 0. The monoisotopic (exact) mass is 295 g/mol. The molecule has 1 aliphatic carbocycles. The Morgan fingerprint density at radius 2 is 1.95 bits per heavy atom. The Morgan fingerprint density at radius 1 is 1.19 bits per heavy atom. The van der Waals surface area contributed by atoms with Crippen molar-refractivity contribution < 1.29 is 8.78 Å². The van der Waals surface area contributed by atoms with Gasteiger partial charge in [-0.25, -0.2) is 8.78 Å². The predicted octanol–water partition coefficient (Wildman–Crippen LogP) is 4.85. The van der Waals surface area contributed by atoms with Gasteiger partial charge in [0.15, 0.2) is 0 Å². The van der Waals surface area contributed by atoms with Crippen molar-refractivity contribution in [2.24, 2.45) is 5.92 Å². The normalized spacial score (nSPS) is 17.9. The van der Waals surface area contributed by atoms with Crippen LogP contribution in [0, 0.1) is 17.6 Å². The van der Waals surface area contributed by atoms with Crippen LogP contribution in [0.5, 0.6) is 0 Å². The van der Waals surface area contributed by atoms with Crippen molar-refractivity contribution in [3.63, 3.8) is 0 Å². The first-order chi connectivity index (χ1) is 10.2. The molecule has 1 N–H and O–H groups in total. The van der Waals surface area contributed by atoms with Gasteiger partial charge in [0.1, 0.15) is 11.6 Å². The first kappa shape index (κ1) is 16.4. The highest BCUT2D eigenvalue weighted by Crippen LogP contribution is 2.28. The first-order valence-electron chi connectivity index (χ1n) is 8.36. The summed E-state index contributed by atoms with van der Waals surface area (Å²) in [5.74, 6) is 0.103. The average molecular weight is 295 g/mol. The van der Waals surface area contributed by atoms with E-state index in [1.165, 1.54) is 50.3 Å². The summed E-state index contributed by atoms with van der Waals surface area (Å²) in [6.07, 6.45) is 9.29. The minimum Gasteiger partial charge on any atom is -0.314 e. The van der Waals surface area contributed by atoms with Crippen LogP contribution in [-0.2, 0) is 6.42 Å². The summed E-state index contributed by atoms with van der Waals surface area (Å²) in [7, 11) is 0. The van der Waals surface area contributed by atoms with Gasteiger partial charge in [0.2, 0.25) is 0 Å². The lowest BCUT2D eigenvalue weighted by Gasteiger charge is -2.27. The molecule has 3 heteroatoms. The lowest BCUT2D eigenvalue weighted by molar-refractivity contribution is 0.295. The van der Waals surface area contributed by atoms with Crippen molar-refractivity contribution in [1.82, 2.24) is 5.32 Å². The van der Waals surface area contributed by atoms with Crippen molar-refractivity contribution in [2.75, 3.05) is 6.54 Å². The van der Waals surface area contributed by atoms with Crippen LogP contribution in [0.25, 0.3) is 0 Å². The minimum atomic E-state index is -0.349. The lowest BCUT2D eigenvalue weighted by Crippen LogP contribution is -2.34. The Labute approximate surface area is 127 Å². The molecule has 1 unspecified atom stereocenters. The summed E-state index contributed by atoms with van der Waals surface area (Å²) in [5, 5.41) is 3.52. The van der Waals surface area contributed by atoms with Gasteiger partial charge in [-0.1, -0.05) is 39.0 Å². The maximum atomic E-state index is 13.8. The molecule has 1 aromatic rings. The topological polar surface area (TPSA) is 12.0 Å². The molecule has 0 bridgehead atoms. The van der Waals surface area contributed by atoms with Crippen LogP contribution in [-0.4, -0.2) is 12.6 Å². The van der Waals surface area contributed by atoms with Crippen LogP contribution in [0.4, 0.5) is 8.78 Å². The highest BCUT2D eigenvalue weighted by Gasteiger charge is 2.20. The van der Waals surface area contributed by atoms with E-state index in [0.29, 0.717) is 12.0 Å². The number of nitrogens with one attached hydrogen (secondary N) is 1. The van der Waals surface area contributed by atoms with Crippen LogP contribution in [0.15, 0.2) is 18.2 Å². The summed E-state index contributed by atoms with van der Waals surface area (Å²) in [6, 6.07) is 4.03. The molecule has 0 aromatic heterocycles. The molecule has 0 saturated heterocycles. The van der Waals surface area contributed by atoms with Crippen LogP contribution in [0.3, 0.4) is 0 Å². The van der Waals surface area contributed by atoms with Gasteiger partial charge in [-0.3, -0.25) is 0 Å². The fourth-order valence-electron chi connectivity index (χ4n) is 3.38. The zero-order chi connectivity index (χ0) is 15.1.